The van der Waals surface area contributed by atoms with E-state index in [-0.39, 0.29) is 18.3 Å². The Labute approximate surface area is 346 Å². The predicted octanol–water partition coefficient (Wildman–Crippen LogP) is 16.9. The summed E-state index contributed by atoms with van der Waals surface area (Å²) in [6.07, 6.45) is 5.22. The molecule has 2 aromatic heterocycles. The first-order valence-corrected chi connectivity index (χ1v) is 20.7. The number of hydrogen-bond donors (Lipinski definition) is 0. The van der Waals surface area contributed by atoms with Crippen LogP contribution in [-0.4, -0.2) is 22.1 Å². The van der Waals surface area contributed by atoms with E-state index in [4.69, 9.17) is 4.74 Å². The third-order valence-corrected chi connectivity index (χ3v) is 6.32. The fourth-order valence-corrected chi connectivity index (χ4v) is 3.49. The van der Waals surface area contributed by atoms with Crippen LogP contribution >= 0.6 is 0 Å². The molecule has 0 saturated carbocycles. The van der Waals surface area contributed by atoms with Crippen molar-refractivity contribution in [1.29, 1.82) is 0 Å². The molecule has 0 aliphatic heterocycles. The van der Waals surface area contributed by atoms with Crippen molar-refractivity contribution in [2.24, 2.45) is 0 Å². The third-order valence-electron chi connectivity index (χ3n) is 6.32. The van der Waals surface area contributed by atoms with Gasteiger partial charge in [-0.2, -0.15) is 0 Å². The molecule has 0 aliphatic rings. The van der Waals surface area contributed by atoms with Gasteiger partial charge in [-0.3, -0.25) is 9.97 Å². The number of aromatic nitrogens is 3. The van der Waals surface area contributed by atoms with Crippen molar-refractivity contribution >= 4 is 0 Å². The van der Waals surface area contributed by atoms with Gasteiger partial charge in [0.05, 0.1) is 25.2 Å². The molecule has 55 heavy (non-hydrogen) atoms. The minimum atomic E-state index is 0. The molecular weight excluding hydrogens is 671 g/mol. The van der Waals surface area contributed by atoms with Gasteiger partial charge in [-0.15, -0.1) is 0 Å². The van der Waals surface area contributed by atoms with Crippen LogP contribution in [0.3, 0.4) is 0 Å². The highest BCUT2D eigenvalue weighted by atomic mass is 16.5. The number of nitrogens with zero attached hydrogens (tertiary/aromatic N) is 3. The molecule has 4 nitrogen and oxygen atoms in total. The number of pyridine rings is 1. The number of benzene rings is 2. The standard InChI is InChI=1S/2C10H14.C9H14N2O.C9H13N.6C2H6.CH4/c2*1-10(2,3)9-7-5-4-6-8-9;1-9(2,3)7-5-11-8(12-4)6-10-7;1-9(2,3)8-6-4-5-7-10-8;6*1-2;/h2*4-8H,1-3H3;5-6H,1-4H3;4-7H,1-3H3;6*1-2H3;1H4. The second-order valence-electron chi connectivity index (χ2n) is 14.4. The van der Waals surface area contributed by atoms with E-state index >= 15 is 0 Å². The smallest absolute Gasteiger partial charge is 0.231 e. The van der Waals surface area contributed by atoms with Crippen LogP contribution in [0.5, 0.6) is 5.88 Å². The zero-order valence-electron chi connectivity index (χ0n) is 40.5. The molecule has 0 unspecified atom stereocenters. The van der Waals surface area contributed by atoms with Crippen molar-refractivity contribution in [3.63, 3.8) is 0 Å². The summed E-state index contributed by atoms with van der Waals surface area (Å²) in [5, 5.41) is 0. The third kappa shape index (κ3) is 37.2. The Hall–Kier alpha value is -3.53. The Kier molecular flexibility index (Phi) is 48.4. The number of methoxy groups -OCH3 is 1. The van der Waals surface area contributed by atoms with Gasteiger partial charge in [0.1, 0.15) is 0 Å². The Balaban J connectivity index is -0.000000102. The van der Waals surface area contributed by atoms with Crippen molar-refractivity contribution in [3.05, 3.63) is 120 Å². The van der Waals surface area contributed by atoms with Crippen LogP contribution in [-0.2, 0) is 21.7 Å². The lowest BCUT2D eigenvalue weighted by Gasteiger charge is -2.18. The van der Waals surface area contributed by atoms with E-state index in [9.17, 15) is 0 Å². The van der Waals surface area contributed by atoms with Crippen LogP contribution in [0.2, 0.25) is 0 Å². The molecule has 0 radical (unpaired) electrons. The molecule has 4 heteroatoms. The van der Waals surface area contributed by atoms with E-state index in [0.717, 1.165) is 11.4 Å². The molecule has 2 heterocycles. The largest absolute Gasteiger partial charge is 0.480 e. The fourth-order valence-electron chi connectivity index (χ4n) is 3.49. The molecule has 0 N–H and O–H groups in total. The molecule has 0 fully saturated rings. The lowest BCUT2D eigenvalue weighted by molar-refractivity contribution is 0.393. The van der Waals surface area contributed by atoms with Gasteiger partial charge in [-0.25, -0.2) is 4.98 Å². The molecule has 0 bridgehead atoms. The lowest BCUT2D eigenvalue weighted by Crippen LogP contribution is -2.13. The summed E-state index contributed by atoms with van der Waals surface area (Å²) >= 11 is 0. The van der Waals surface area contributed by atoms with E-state index in [2.05, 4.69) is 165 Å². The minimum absolute atomic E-state index is 0. The van der Waals surface area contributed by atoms with Gasteiger partial charge in [0, 0.05) is 22.7 Å². The number of rotatable bonds is 1. The molecule has 0 saturated heterocycles. The van der Waals surface area contributed by atoms with Crippen LogP contribution < -0.4 is 4.74 Å². The SMILES string of the molecule is C.CC.CC.CC.CC.CC.CC.CC(C)(C)c1ccccc1.CC(C)(C)c1ccccc1.CC(C)(C)c1ccccn1.COc1cnc(C(C)(C)C)cn1. The van der Waals surface area contributed by atoms with E-state index in [1.807, 2.05) is 101 Å². The van der Waals surface area contributed by atoms with Crippen LogP contribution in [0, 0.1) is 0 Å². The summed E-state index contributed by atoms with van der Waals surface area (Å²) in [6, 6.07) is 27.1. The maximum atomic E-state index is 4.91. The highest BCUT2D eigenvalue weighted by Gasteiger charge is 2.16. The van der Waals surface area contributed by atoms with Crippen molar-refractivity contribution in [2.75, 3.05) is 7.11 Å². The van der Waals surface area contributed by atoms with Crippen molar-refractivity contribution in [2.45, 2.75) is 195 Å². The Bertz CT molecular complexity index is 1130. The average Bonchev–Trinajstić information content (AvgIpc) is 3.20. The van der Waals surface area contributed by atoms with Gasteiger partial charge >= 0.3 is 0 Å². The summed E-state index contributed by atoms with van der Waals surface area (Å²) in [5.74, 6) is 0.558. The summed E-state index contributed by atoms with van der Waals surface area (Å²) in [5.41, 5.74) is 5.74. The molecule has 2 aromatic carbocycles. The Morgan fingerprint density at radius 2 is 0.691 bits per heavy atom. The van der Waals surface area contributed by atoms with Crippen LogP contribution in [0.4, 0.5) is 0 Å². The van der Waals surface area contributed by atoms with Crippen LogP contribution in [0.25, 0.3) is 0 Å². The first-order valence-electron chi connectivity index (χ1n) is 20.7. The lowest BCUT2D eigenvalue weighted by atomic mass is 9.87. The summed E-state index contributed by atoms with van der Waals surface area (Å²) < 4.78 is 4.91. The monoisotopic (exact) mass is 766 g/mol. The molecule has 4 aromatic rings. The minimum Gasteiger partial charge on any atom is -0.480 e. The number of hydrogen-bond acceptors (Lipinski definition) is 4. The fraction of sp³-hybridized carbons (Fsp3) is 0.588. The normalized spacial score (nSPS) is 9.40. The predicted molar refractivity (Wildman–Crippen MR) is 255 cm³/mol. The van der Waals surface area contributed by atoms with E-state index in [0.29, 0.717) is 16.7 Å². The quantitative estimate of drug-likeness (QED) is 0.194. The van der Waals surface area contributed by atoms with Crippen LogP contribution in [0.15, 0.2) is 97.5 Å². The van der Waals surface area contributed by atoms with Crippen molar-refractivity contribution < 1.29 is 4.74 Å². The van der Waals surface area contributed by atoms with Gasteiger partial charge < -0.3 is 4.74 Å². The summed E-state index contributed by atoms with van der Waals surface area (Å²) in [7, 11) is 1.58. The van der Waals surface area contributed by atoms with E-state index < -0.39 is 0 Å². The molecular formula is C51H95N3O. The molecule has 0 spiro atoms. The number of ether oxygens (including phenoxy) is 1. The highest BCUT2D eigenvalue weighted by molar-refractivity contribution is 5.23. The highest BCUT2D eigenvalue weighted by Crippen LogP contribution is 2.22. The summed E-state index contributed by atoms with van der Waals surface area (Å²) in [4.78, 5) is 12.6. The Morgan fingerprint density at radius 3 is 0.873 bits per heavy atom. The average molecular weight is 766 g/mol. The first-order chi connectivity index (χ1) is 25.4. The zero-order chi connectivity index (χ0) is 44.0. The molecule has 4 rings (SSSR count). The van der Waals surface area contributed by atoms with Crippen LogP contribution in [0.1, 0.15) is 196 Å². The second-order valence-corrected chi connectivity index (χ2v) is 14.4. The van der Waals surface area contributed by atoms with Gasteiger partial charge in [-0.1, -0.05) is 240 Å². The van der Waals surface area contributed by atoms with Crippen molar-refractivity contribution in [1.82, 2.24) is 15.0 Å². The van der Waals surface area contributed by atoms with Crippen molar-refractivity contribution in [3.8, 4) is 5.88 Å². The molecule has 0 atom stereocenters. The molecule has 0 aliphatic carbocycles. The Morgan fingerprint density at radius 1 is 0.364 bits per heavy atom. The van der Waals surface area contributed by atoms with Gasteiger partial charge in [0.15, 0.2) is 0 Å². The van der Waals surface area contributed by atoms with E-state index in [1.54, 1.807) is 19.5 Å². The molecule has 320 valence electrons. The zero-order valence-corrected chi connectivity index (χ0v) is 40.5. The van der Waals surface area contributed by atoms with Gasteiger partial charge in [0.2, 0.25) is 5.88 Å². The first kappa shape index (κ1) is 66.3. The maximum absolute atomic E-state index is 4.91. The summed E-state index contributed by atoms with van der Waals surface area (Å²) in [6.45, 7) is 50.1. The van der Waals surface area contributed by atoms with E-state index in [1.165, 1.54) is 11.1 Å². The molecule has 0 amide bonds. The maximum Gasteiger partial charge on any atom is 0.231 e. The van der Waals surface area contributed by atoms with Gasteiger partial charge in [0.25, 0.3) is 0 Å². The second kappa shape index (κ2) is 40.1. The van der Waals surface area contributed by atoms with Gasteiger partial charge in [-0.05, 0) is 34.1 Å². The topological polar surface area (TPSA) is 47.9 Å².